The molecule has 0 spiro atoms. The topological polar surface area (TPSA) is 35.4 Å². The van der Waals surface area contributed by atoms with Gasteiger partial charge in [0.05, 0.1) is 11.8 Å². The van der Waals surface area contributed by atoms with E-state index in [1.807, 2.05) is 30.3 Å². The van der Waals surface area contributed by atoms with Crippen molar-refractivity contribution < 1.29 is 4.84 Å². The second-order valence-corrected chi connectivity index (χ2v) is 2.19. The maximum Gasteiger partial charge on any atom is 0.176 e. The van der Waals surface area contributed by atoms with Crippen LogP contribution in [0.3, 0.4) is 0 Å². The SMILES string of the molecule is C1=C(c2ccccc2)O[N]N1. The lowest BCUT2D eigenvalue weighted by Gasteiger charge is -1.97. The second kappa shape index (κ2) is 2.64. The van der Waals surface area contributed by atoms with Gasteiger partial charge in [0, 0.05) is 5.56 Å². The highest BCUT2D eigenvalue weighted by atomic mass is 16.7. The maximum absolute atomic E-state index is 4.91. The Morgan fingerprint density at radius 3 is 2.64 bits per heavy atom. The molecule has 1 N–H and O–H groups in total. The van der Waals surface area contributed by atoms with Gasteiger partial charge < -0.3 is 4.84 Å². The third-order valence-electron chi connectivity index (χ3n) is 1.45. The van der Waals surface area contributed by atoms with E-state index in [0.717, 1.165) is 11.3 Å². The van der Waals surface area contributed by atoms with Crippen molar-refractivity contribution in [3.8, 4) is 0 Å². The third-order valence-corrected chi connectivity index (χ3v) is 1.45. The Labute approximate surface area is 64.6 Å². The van der Waals surface area contributed by atoms with Gasteiger partial charge in [0.25, 0.3) is 0 Å². The van der Waals surface area contributed by atoms with Gasteiger partial charge in [0.15, 0.2) is 5.76 Å². The number of hydrogen-bond donors (Lipinski definition) is 1. The number of nitrogens with zero attached hydrogens (tertiary/aromatic N) is 1. The lowest BCUT2D eigenvalue weighted by atomic mass is 10.2. The molecular formula is C8H7N2O. The summed E-state index contributed by atoms with van der Waals surface area (Å²) in [6.45, 7) is 0. The average molecular weight is 147 g/mol. The van der Waals surface area contributed by atoms with Gasteiger partial charge in [-0.25, -0.2) is 0 Å². The molecule has 1 radical (unpaired) electrons. The van der Waals surface area contributed by atoms with Gasteiger partial charge in [0.1, 0.15) is 0 Å². The van der Waals surface area contributed by atoms with E-state index in [1.54, 1.807) is 6.20 Å². The maximum atomic E-state index is 4.91. The third kappa shape index (κ3) is 1.18. The summed E-state index contributed by atoms with van der Waals surface area (Å²) in [5.74, 6) is 0.755. The average Bonchev–Trinajstić information content (AvgIpc) is 2.58. The molecule has 11 heavy (non-hydrogen) atoms. The zero-order valence-corrected chi connectivity index (χ0v) is 5.82. The van der Waals surface area contributed by atoms with Crippen LogP contribution in [0.4, 0.5) is 0 Å². The van der Waals surface area contributed by atoms with Crippen LogP contribution in [0.2, 0.25) is 0 Å². The van der Waals surface area contributed by atoms with Crippen LogP contribution in [0, 0.1) is 0 Å². The van der Waals surface area contributed by atoms with Crippen LogP contribution in [-0.4, -0.2) is 0 Å². The first kappa shape index (κ1) is 6.24. The summed E-state index contributed by atoms with van der Waals surface area (Å²) in [5.41, 5.74) is 7.14. The molecule has 3 nitrogen and oxygen atoms in total. The normalized spacial score (nSPS) is 15.1. The summed E-state index contributed by atoms with van der Waals surface area (Å²) >= 11 is 0. The van der Waals surface area contributed by atoms with E-state index in [-0.39, 0.29) is 0 Å². The number of rotatable bonds is 1. The quantitative estimate of drug-likeness (QED) is 0.644. The van der Waals surface area contributed by atoms with Crippen molar-refractivity contribution in [3.63, 3.8) is 0 Å². The summed E-state index contributed by atoms with van der Waals surface area (Å²) < 4.78 is 0. The lowest BCUT2D eigenvalue weighted by Crippen LogP contribution is -2.08. The predicted molar refractivity (Wildman–Crippen MR) is 40.8 cm³/mol. The first-order valence-corrected chi connectivity index (χ1v) is 3.35. The summed E-state index contributed by atoms with van der Waals surface area (Å²) in [5, 5.41) is 0. The van der Waals surface area contributed by atoms with E-state index < -0.39 is 0 Å². The molecule has 0 saturated carbocycles. The van der Waals surface area contributed by atoms with Gasteiger partial charge in [-0.2, -0.15) is 0 Å². The van der Waals surface area contributed by atoms with Crippen molar-refractivity contribution in [3.05, 3.63) is 42.1 Å². The van der Waals surface area contributed by atoms with Crippen molar-refractivity contribution in [1.29, 1.82) is 0 Å². The van der Waals surface area contributed by atoms with Crippen LogP contribution in [-0.2, 0) is 4.84 Å². The largest absolute Gasteiger partial charge is 0.365 e. The van der Waals surface area contributed by atoms with Gasteiger partial charge >= 0.3 is 0 Å². The molecule has 0 fully saturated rings. The van der Waals surface area contributed by atoms with Crippen LogP contribution >= 0.6 is 0 Å². The fourth-order valence-corrected chi connectivity index (χ4v) is 0.925. The predicted octanol–water partition coefficient (Wildman–Crippen LogP) is 1.04. The Kier molecular flexibility index (Phi) is 1.50. The minimum Gasteiger partial charge on any atom is -0.365 e. The highest BCUT2D eigenvalue weighted by Gasteiger charge is 2.07. The van der Waals surface area contributed by atoms with Crippen LogP contribution in [0.15, 0.2) is 36.5 Å². The summed E-state index contributed by atoms with van der Waals surface area (Å²) in [6.07, 6.45) is 1.72. The summed E-state index contributed by atoms with van der Waals surface area (Å²) in [7, 11) is 0. The molecule has 0 bridgehead atoms. The van der Waals surface area contributed by atoms with Crippen LogP contribution in [0.25, 0.3) is 5.76 Å². The molecule has 0 atom stereocenters. The van der Waals surface area contributed by atoms with E-state index in [2.05, 4.69) is 11.0 Å². The molecule has 1 aromatic rings. The van der Waals surface area contributed by atoms with Gasteiger partial charge in [-0.15, -0.1) is 0 Å². The van der Waals surface area contributed by atoms with E-state index in [9.17, 15) is 0 Å². The minimum atomic E-state index is 0.755. The smallest absolute Gasteiger partial charge is 0.176 e. The summed E-state index contributed by atoms with van der Waals surface area (Å²) in [4.78, 5) is 4.91. The van der Waals surface area contributed by atoms with Crippen molar-refractivity contribution >= 4 is 5.76 Å². The van der Waals surface area contributed by atoms with Crippen molar-refractivity contribution in [2.75, 3.05) is 0 Å². The van der Waals surface area contributed by atoms with Gasteiger partial charge in [-0.3, -0.25) is 5.43 Å². The van der Waals surface area contributed by atoms with Crippen molar-refractivity contribution in [2.24, 2.45) is 0 Å². The van der Waals surface area contributed by atoms with Gasteiger partial charge in [0.2, 0.25) is 0 Å². The first-order chi connectivity index (χ1) is 5.47. The fraction of sp³-hybridized carbons (Fsp3) is 0. The Morgan fingerprint density at radius 1 is 1.18 bits per heavy atom. The molecule has 2 rings (SSSR count). The zero-order chi connectivity index (χ0) is 7.52. The van der Waals surface area contributed by atoms with Crippen LogP contribution in [0.5, 0.6) is 0 Å². The highest BCUT2D eigenvalue weighted by molar-refractivity contribution is 5.59. The number of hydrogen-bond acceptors (Lipinski definition) is 2. The Hall–Kier alpha value is -1.48. The fourth-order valence-electron chi connectivity index (χ4n) is 0.925. The molecular weight excluding hydrogens is 140 g/mol. The first-order valence-electron chi connectivity index (χ1n) is 3.35. The Morgan fingerprint density at radius 2 is 2.00 bits per heavy atom. The molecule has 1 aliphatic heterocycles. The molecule has 0 amide bonds. The van der Waals surface area contributed by atoms with Gasteiger partial charge in [-0.1, -0.05) is 30.3 Å². The van der Waals surface area contributed by atoms with Crippen LogP contribution in [0.1, 0.15) is 5.56 Å². The van der Waals surface area contributed by atoms with E-state index >= 15 is 0 Å². The van der Waals surface area contributed by atoms with Crippen molar-refractivity contribution in [2.45, 2.75) is 0 Å². The zero-order valence-electron chi connectivity index (χ0n) is 5.82. The summed E-state index contributed by atoms with van der Waals surface area (Å²) in [6, 6.07) is 9.81. The molecule has 3 heteroatoms. The second-order valence-electron chi connectivity index (χ2n) is 2.19. The molecule has 1 aromatic carbocycles. The lowest BCUT2D eigenvalue weighted by molar-refractivity contribution is 0.146. The molecule has 55 valence electrons. The van der Waals surface area contributed by atoms with Crippen molar-refractivity contribution in [1.82, 2.24) is 11.0 Å². The molecule has 1 heterocycles. The molecule has 1 aliphatic rings. The molecule has 0 saturated heterocycles. The molecule has 0 aliphatic carbocycles. The minimum absolute atomic E-state index is 0.755. The Bertz CT molecular complexity index is 269. The van der Waals surface area contributed by atoms with E-state index in [1.165, 1.54) is 0 Å². The van der Waals surface area contributed by atoms with Gasteiger partial charge in [-0.05, 0) is 0 Å². The number of nitrogens with one attached hydrogen (secondary N) is 1. The monoisotopic (exact) mass is 147 g/mol. The van der Waals surface area contributed by atoms with Crippen LogP contribution < -0.4 is 11.0 Å². The standard InChI is InChI=1S/C8H7N2O/c1-2-4-7(5-3-1)8-6-9-10-11-8/h1-6,9H. The van der Waals surface area contributed by atoms with E-state index in [0.29, 0.717) is 0 Å². The number of benzene rings is 1. The highest BCUT2D eigenvalue weighted by Crippen LogP contribution is 2.15. The van der Waals surface area contributed by atoms with E-state index in [4.69, 9.17) is 4.84 Å². The molecule has 0 aromatic heterocycles. The Balaban J connectivity index is 2.29. The molecule has 0 unspecified atom stereocenters.